The van der Waals surface area contributed by atoms with E-state index < -0.39 is 17.7 Å². The zero-order chi connectivity index (χ0) is 15.6. The molecule has 2 rings (SSSR count). The zero-order valence-corrected chi connectivity index (χ0v) is 13.5. The van der Waals surface area contributed by atoms with Crippen LogP contribution in [0.5, 0.6) is 0 Å². The van der Waals surface area contributed by atoms with Gasteiger partial charge in [0, 0.05) is 0 Å². The van der Waals surface area contributed by atoms with Gasteiger partial charge < -0.3 is 14.8 Å². The molecule has 0 radical (unpaired) electrons. The molecule has 2 aliphatic carbocycles. The molecule has 3 unspecified atom stereocenters. The smallest absolute Gasteiger partial charge is 0.408 e. The molecule has 0 aromatic rings. The van der Waals surface area contributed by atoms with Gasteiger partial charge in [-0.15, -0.1) is 0 Å². The van der Waals surface area contributed by atoms with Crippen molar-refractivity contribution in [1.82, 2.24) is 5.32 Å². The second-order valence-electron chi connectivity index (χ2n) is 7.33. The number of carbonyl (C=O) groups excluding carboxylic acids is 2. The number of hydrogen-bond donors (Lipinski definition) is 1. The van der Waals surface area contributed by atoms with Gasteiger partial charge in [0.2, 0.25) is 0 Å². The minimum absolute atomic E-state index is 0.167. The summed E-state index contributed by atoms with van der Waals surface area (Å²) in [4.78, 5) is 24.0. The quantitative estimate of drug-likeness (QED) is 0.814. The van der Waals surface area contributed by atoms with Crippen LogP contribution >= 0.6 is 0 Å². The zero-order valence-electron chi connectivity index (χ0n) is 13.5. The summed E-state index contributed by atoms with van der Waals surface area (Å²) < 4.78 is 10.1. The number of rotatable bonds is 3. The summed E-state index contributed by atoms with van der Waals surface area (Å²) in [6.45, 7) is 5.42. The van der Waals surface area contributed by atoms with Crippen molar-refractivity contribution in [2.24, 2.45) is 17.8 Å². The molecule has 1 amide bonds. The molecule has 2 aliphatic rings. The second kappa shape index (κ2) is 6.24. The van der Waals surface area contributed by atoms with Gasteiger partial charge in [-0.3, -0.25) is 0 Å². The molecule has 0 saturated heterocycles. The molecule has 0 aromatic heterocycles. The van der Waals surface area contributed by atoms with Crippen LogP contribution in [-0.4, -0.2) is 30.8 Å². The third-order valence-electron chi connectivity index (χ3n) is 4.63. The number of hydrogen-bond acceptors (Lipinski definition) is 4. The van der Waals surface area contributed by atoms with E-state index in [1.807, 2.05) is 0 Å². The first-order valence-corrected chi connectivity index (χ1v) is 7.87. The van der Waals surface area contributed by atoms with E-state index in [9.17, 15) is 9.59 Å². The van der Waals surface area contributed by atoms with Gasteiger partial charge in [0.1, 0.15) is 11.6 Å². The number of methoxy groups -OCH3 is 1. The van der Waals surface area contributed by atoms with Crippen molar-refractivity contribution in [2.75, 3.05) is 7.11 Å². The SMILES string of the molecule is COC(=O)C(NC(=O)OC(C)(C)C)C1CC2CCCC2C1. The Labute approximate surface area is 126 Å². The van der Waals surface area contributed by atoms with Crippen molar-refractivity contribution in [2.45, 2.75) is 64.5 Å². The highest BCUT2D eigenvalue weighted by Crippen LogP contribution is 2.47. The Bertz CT molecular complexity index is 390. The molecule has 0 heterocycles. The molecule has 3 atom stereocenters. The lowest BCUT2D eigenvalue weighted by atomic mass is 9.95. The van der Waals surface area contributed by atoms with Crippen molar-refractivity contribution >= 4 is 12.1 Å². The molecule has 2 fully saturated rings. The predicted octanol–water partition coefficient (Wildman–Crippen LogP) is 2.88. The molecule has 0 bridgehead atoms. The summed E-state index contributed by atoms with van der Waals surface area (Å²) in [5.41, 5.74) is -0.572. The first-order chi connectivity index (χ1) is 9.80. The average Bonchev–Trinajstić information content (AvgIpc) is 2.93. The van der Waals surface area contributed by atoms with E-state index in [4.69, 9.17) is 9.47 Å². The highest BCUT2D eigenvalue weighted by atomic mass is 16.6. The van der Waals surface area contributed by atoms with Gasteiger partial charge in [0.05, 0.1) is 7.11 Å². The maximum absolute atomic E-state index is 12.0. The van der Waals surface area contributed by atoms with Gasteiger partial charge in [-0.05, 0) is 51.4 Å². The van der Waals surface area contributed by atoms with Crippen LogP contribution in [0.3, 0.4) is 0 Å². The van der Waals surface area contributed by atoms with Gasteiger partial charge in [0.15, 0.2) is 0 Å². The van der Waals surface area contributed by atoms with Crippen LogP contribution in [0.25, 0.3) is 0 Å². The average molecular weight is 297 g/mol. The number of alkyl carbamates (subject to hydrolysis) is 1. The van der Waals surface area contributed by atoms with Crippen LogP contribution in [-0.2, 0) is 14.3 Å². The molecular formula is C16H27NO4. The van der Waals surface area contributed by atoms with Gasteiger partial charge in [-0.1, -0.05) is 19.3 Å². The molecule has 0 aliphatic heterocycles. The lowest BCUT2D eigenvalue weighted by molar-refractivity contribution is -0.144. The van der Waals surface area contributed by atoms with E-state index in [0.29, 0.717) is 11.8 Å². The molecule has 2 saturated carbocycles. The summed E-state index contributed by atoms with van der Waals surface area (Å²) >= 11 is 0. The summed E-state index contributed by atoms with van der Waals surface area (Å²) in [7, 11) is 1.36. The Balaban J connectivity index is 1.99. The van der Waals surface area contributed by atoms with Gasteiger partial charge in [-0.2, -0.15) is 0 Å². The fourth-order valence-electron chi connectivity index (χ4n) is 3.81. The van der Waals surface area contributed by atoms with Gasteiger partial charge in [-0.25, -0.2) is 9.59 Å². The number of amides is 1. The number of fused-ring (bicyclic) bond motifs is 1. The monoisotopic (exact) mass is 297 g/mol. The standard InChI is InChI=1S/C16H27NO4/c1-16(2,3)21-15(19)17-13(14(18)20-4)12-8-10-6-5-7-11(10)9-12/h10-13H,5-9H2,1-4H3,(H,17,19). The van der Waals surface area contributed by atoms with E-state index in [1.54, 1.807) is 20.8 Å². The number of nitrogens with one attached hydrogen (secondary N) is 1. The maximum atomic E-state index is 12.0. The maximum Gasteiger partial charge on any atom is 0.408 e. The lowest BCUT2D eigenvalue weighted by Crippen LogP contribution is -2.47. The van der Waals surface area contributed by atoms with E-state index in [2.05, 4.69) is 5.32 Å². The van der Waals surface area contributed by atoms with Crippen LogP contribution < -0.4 is 5.32 Å². The van der Waals surface area contributed by atoms with Crippen LogP contribution in [0.2, 0.25) is 0 Å². The molecule has 5 nitrogen and oxygen atoms in total. The first-order valence-electron chi connectivity index (χ1n) is 7.87. The van der Waals surface area contributed by atoms with E-state index in [1.165, 1.54) is 26.4 Å². The number of esters is 1. The highest BCUT2D eigenvalue weighted by molar-refractivity contribution is 5.81. The van der Waals surface area contributed by atoms with E-state index in [0.717, 1.165) is 12.8 Å². The third kappa shape index (κ3) is 4.11. The molecule has 120 valence electrons. The van der Waals surface area contributed by atoms with Gasteiger partial charge >= 0.3 is 12.1 Å². The summed E-state index contributed by atoms with van der Waals surface area (Å²) in [5, 5.41) is 2.72. The Morgan fingerprint density at radius 2 is 1.71 bits per heavy atom. The Hall–Kier alpha value is -1.26. The minimum Gasteiger partial charge on any atom is -0.467 e. The van der Waals surface area contributed by atoms with Crippen LogP contribution in [0.1, 0.15) is 52.9 Å². The number of ether oxygens (including phenoxy) is 2. The fourth-order valence-corrected chi connectivity index (χ4v) is 3.81. The van der Waals surface area contributed by atoms with Crippen molar-refractivity contribution in [3.05, 3.63) is 0 Å². The van der Waals surface area contributed by atoms with Gasteiger partial charge in [0.25, 0.3) is 0 Å². The van der Waals surface area contributed by atoms with Crippen molar-refractivity contribution in [1.29, 1.82) is 0 Å². The summed E-state index contributed by atoms with van der Waals surface area (Å²) in [5.74, 6) is 1.22. The normalized spacial score (nSPS) is 29.6. The molecule has 0 aromatic carbocycles. The molecule has 5 heteroatoms. The predicted molar refractivity (Wildman–Crippen MR) is 78.7 cm³/mol. The highest BCUT2D eigenvalue weighted by Gasteiger charge is 2.43. The molecule has 1 N–H and O–H groups in total. The minimum atomic E-state index is -0.588. The van der Waals surface area contributed by atoms with E-state index >= 15 is 0 Å². The van der Waals surface area contributed by atoms with Crippen LogP contribution in [0.4, 0.5) is 4.79 Å². The molecular weight excluding hydrogens is 270 g/mol. The van der Waals surface area contributed by atoms with Crippen molar-refractivity contribution < 1.29 is 19.1 Å². The topological polar surface area (TPSA) is 64.6 Å². The van der Waals surface area contributed by atoms with E-state index in [-0.39, 0.29) is 11.9 Å². The fraction of sp³-hybridized carbons (Fsp3) is 0.875. The van der Waals surface area contributed by atoms with Crippen LogP contribution in [0, 0.1) is 17.8 Å². The lowest BCUT2D eigenvalue weighted by Gasteiger charge is -2.26. The second-order valence-corrected chi connectivity index (χ2v) is 7.33. The third-order valence-corrected chi connectivity index (χ3v) is 4.63. The molecule has 0 spiro atoms. The Morgan fingerprint density at radius 1 is 1.14 bits per heavy atom. The largest absolute Gasteiger partial charge is 0.467 e. The Kier molecular flexibility index (Phi) is 4.79. The summed E-state index contributed by atoms with van der Waals surface area (Å²) in [6, 6.07) is -0.588. The Morgan fingerprint density at radius 3 is 2.19 bits per heavy atom. The van der Waals surface area contributed by atoms with Crippen LogP contribution in [0.15, 0.2) is 0 Å². The summed E-state index contributed by atoms with van der Waals surface area (Å²) in [6.07, 6.45) is 5.25. The first kappa shape index (κ1) is 16.1. The number of carbonyl (C=O) groups is 2. The molecule has 21 heavy (non-hydrogen) atoms. The van der Waals surface area contributed by atoms with Crippen molar-refractivity contribution in [3.8, 4) is 0 Å². The van der Waals surface area contributed by atoms with Crippen molar-refractivity contribution in [3.63, 3.8) is 0 Å².